The van der Waals surface area contributed by atoms with Crippen LogP contribution in [0.5, 0.6) is 6.01 Å². The van der Waals surface area contributed by atoms with Crippen molar-refractivity contribution in [2.75, 3.05) is 13.7 Å². The maximum atomic E-state index is 11.7. The Labute approximate surface area is 123 Å². The molecule has 3 atom stereocenters. The average molecular weight is 298 g/mol. The van der Waals surface area contributed by atoms with Gasteiger partial charge in [0.15, 0.2) is 5.79 Å². The van der Waals surface area contributed by atoms with Crippen LogP contribution in [0, 0.1) is 6.92 Å². The molecular weight excluding hydrogens is 276 g/mol. The molecule has 1 aromatic heterocycles. The summed E-state index contributed by atoms with van der Waals surface area (Å²) in [5, 5.41) is 10.2. The second kappa shape index (κ2) is 6.13. The fraction of sp³-hybridized carbons (Fsp3) is 0.714. The summed E-state index contributed by atoms with van der Waals surface area (Å²) in [5.41, 5.74) is 0.157. The third-order valence-corrected chi connectivity index (χ3v) is 3.78. The Hall–Kier alpha value is -1.44. The first kappa shape index (κ1) is 15.9. The number of hydrogen-bond donors (Lipinski definition) is 1. The molecule has 1 unspecified atom stereocenters. The van der Waals surface area contributed by atoms with Crippen molar-refractivity contribution in [3.8, 4) is 6.01 Å². The van der Waals surface area contributed by atoms with Crippen LogP contribution in [0.25, 0.3) is 0 Å². The summed E-state index contributed by atoms with van der Waals surface area (Å²) in [4.78, 5) is 15.6. The molecule has 0 saturated carbocycles. The van der Waals surface area contributed by atoms with Gasteiger partial charge in [-0.2, -0.15) is 4.98 Å². The molecule has 0 radical (unpaired) electrons. The molecule has 7 nitrogen and oxygen atoms in total. The standard InChI is InChI=1S/C14H22N2O5/c1-5-14(19-4)10(17)7-11(21-14)16-8-9(3)12(18)15-13(16)20-6-2/h8,10-11,17H,5-7H2,1-4H3/t10?,11-,14-/m1/s1. The monoisotopic (exact) mass is 298 g/mol. The van der Waals surface area contributed by atoms with Crippen LogP contribution in [0.1, 0.15) is 38.5 Å². The highest BCUT2D eigenvalue weighted by Crippen LogP contribution is 2.40. The first-order valence-electron chi connectivity index (χ1n) is 7.11. The normalized spacial score (nSPS) is 28.8. The lowest BCUT2D eigenvalue weighted by Gasteiger charge is -2.29. The van der Waals surface area contributed by atoms with Crippen molar-refractivity contribution in [1.29, 1.82) is 0 Å². The summed E-state index contributed by atoms with van der Waals surface area (Å²) in [6, 6.07) is 0.188. The zero-order valence-electron chi connectivity index (χ0n) is 12.8. The van der Waals surface area contributed by atoms with Gasteiger partial charge in [0.2, 0.25) is 0 Å². The van der Waals surface area contributed by atoms with Crippen molar-refractivity contribution in [2.45, 2.75) is 51.7 Å². The Morgan fingerprint density at radius 2 is 2.29 bits per heavy atom. The van der Waals surface area contributed by atoms with Crippen molar-refractivity contribution < 1.29 is 19.3 Å². The highest BCUT2D eigenvalue weighted by Gasteiger charge is 2.48. The molecule has 1 aliphatic rings. The summed E-state index contributed by atoms with van der Waals surface area (Å²) in [7, 11) is 1.51. The zero-order valence-corrected chi connectivity index (χ0v) is 12.8. The Bertz CT molecular complexity index is 553. The van der Waals surface area contributed by atoms with Gasteiger partial charge in [0.1, 0.15) is 12.3 Å². The molecule has 1 aromatic rings. The van der Waals surface area contributed by atoms with E-state index >= 15 is 0 Å². The Morgan fingerprint density at radius 3 is 2.81 bits per heavy atom. The maximum Gasteiger partial charge on any atom is 0.301 e. The van der Waals surface area contributed by atoms with Crippen molar-refractivity contribution in [2.24, 2.45) is 0 Å². The fourth-order valence-electron chi connectivity index (χ4n) is 2.54. The van der Waals surface area contributed by atoms with E-state index in [0.29, 0.717) is 25.0 Å². The first-order valence-corrected chi connectivity index (χ1v) is 7.11. The number of nitrogens with zero attached hydrogens (tertiary/aromatic N) is 2. The molecule has 0 amide bonds. The predicted molar refractivity (Wildman–Crippen MR) is 75.2 cm³/mol. The number of aromatic nitrogens is 2. The van der Waals surface area contributed by atoms with Crippen LogP contribution in [0.3, 0.4) is 0 Å². The minimum absolute atomic E-state index is 0.188. The van der Waals surface area contributed by atoms with Crippen LogP contribution < -0.4 is 10.3 Å². The molecule has 1 saturated heterocycles. The minimum Gasteiger partial charge on any atom is -0.465 e. The first-order chi connectivity index (χ1) is 9.97. The highest BCUT2D eigenvalue weighted by atomic mass is 16.7. The van der Waals surface area contributed by atoms with Crippen LogP contribution >= 0.6 is 0 Å². The number of aliphatic hydroxyl groups is 1. The highest BCUT2D eigenvalue weighted by molar-refractivity contribution is 5.10. The van der Waals surface area contributed by atoms with Gasteiger partial charge in [0, 0.05) is 31.7 Å². The number of hydrogen-bond acceptors (Lipinski definition) is 6. The van der Waals surface area contributed by atoms with Crippen LogP contribution in [-0.4, -0.2) is 40.3 Å². The molecule has 0 bridgehead atoms. The molecule has 0 aromatic carbocycles. The van der Waals surface area contributed by atoms with E-state index in [1.165, 1.54) is 7.11 Å². The fourth-order valence-corrected chi connectivity index (χ4v) is 2.54. The predicted octanol–water partition coefficient (Wildman–Crippen LogP) is 0.983. The molecule has 7 heteroatoms. The van der Waals surface area contributed by atoms with Crippen molar-refractivity contribution in [1.82, 2.24) is 9.55 Å². The molecule has 1 N–H and O–H groups in total. The molecule has 0 spiro atoms. The molecular formula is C14H22N2O5. The van der Waals surface area contributed by atoms with E-state index < -0.39 is 18.1 Å². The number of rotatable bonds is 5. The number of aliphatic hydroxyl groups excluding tert-OH is 1. The van der Waals surface area contributed by atoms with E-state index in [0.717, 1.165) is 0 Å². The zero-order chi connectivity index (χ0) is 15.6. The van der Waals surface area contributed by atoms with Gasteiger partial charge >= 0.3 is 6.01 Å². The second-order valence-electron chi connectivity index (χ2n) is 5.05. The van der Waals surface area contributed by atoms with E-state index in [1.54, 1.807) is 17.7 Å². The SMILES string of the molecule is CCOc1nc(=O)c(C)cn1[C@H]1CC(O)[C@](CC)(OC)O1. The molecule has 1 aliphatic heterocycles. The Kier molecular flexibility index (Phi) is 4.65. The number of ether oxygens (including phenoxy) is 3. The lowest BCUT2D eigenvalue weighted by molar-refractivity contribution is -0.255. The van der Waals surface area contributed by atoms with E-state index in [1.807, 2.05) is 13.8 Å². The third-order valence-electron chi connectivity index (χ3n) is 3.78. The van der Waals surface area contributed by atoms with Crippen molar-refractivity contribution >= 4 is 0 Å². The minimum atomic E-state index is -1.04. The summed E-state index contributed by atoms with van der Waals surface area (Å²) in [6.07, 6.45) is 1.24. The van der Waals surface area contributed by atoms with Gasteiger partial charge in [-0.05, 0) is 13.8 Å². The van der Waals surface area contributed by atoms with E-state index in [-0.39, 0.29) is 11.6 Å². The second-order valence-corrected chi connectivity index (χ2v) is 5.05. The van der Waals surface area contributed by atoms with Gasteiger partial charge in [-0.15, -0.1) is 0 Å². The Morgan fingerprint density at radius 1 is 1.57 bits per heavy atom. The van der Waals surface area contributed by atoms with Crippen LogP contribution in [0.4, 0.5) is 0 Å². The van der Waals surface area contributed by atoms with Crippen LogP contribution in [0.2, 0.25) is 0 Å². The van der Waals surface area contributed by atoms with Gasteiger partial charge in [-0.1, -0.05) is 6.92 Å². The summed E-state index contributed by atoms with van der Waals surface area (Å²) < 4.78 is 18.3. The lowest BCUT2D eigenvalue weighted by atomic mass is 10.1. The van der Waals surface area contributed by atoms with E-state index in [9.17, 15) is 9.90 Å². The molecule has 2 heterocycles. The largest absolute Gasteiger partial charge is 0.465 e. The van der Waals surface area contributed by atoms with Crippen molar-refractivity contribution in [3.05, 3.63) is 22.1 Å². The molecule has 21 heavy (non-hydrogen) atoms. The van der Waals surface area contributed by atoms with Gasteiger partial charge < -0.3 is 19.3 Å². The quantitative estimate of drug-likeness (QED) is 0.872. The van der Waals surface area contributed by atoms with Gasteiger partial charge in [0.05, 0.1) is 6.61 Å². The lowest BCUT2D eigenvalue weighted by Crippen LogP contribution is -2.40. The van der Waals surface area contributed by atoms with Gasteiger partial charge in [-0.25, -0.2) is 0 Å². The maximum absolute atomic E-state index is 11.7. The van der Waals surface area contributed by atoms with Crippen LogP contribution in [0.15, 0.2) is 11.0 Å². The topological polar surface area (TPSA) is 82.8 Å². The summed E-state index contributed by atoms with van der Waals surface area (Å²) in [5.74, 6) is -1.04. The average Bonchev–Trinajstić information content (AvgIpc) is 2.80. The van der Waals surface area contributed by atoms with Gasteiger partial charge in [-0.3, -0.25) is 9.36 Å². The molecule has 118 valence electrons. The number of methoxy groups -OCH3 is 1. The van der Waals surface area contributed by atoms with Crippen LogP contribution in [-0.2, 0) is 9.47 Å². The summed E-state index contributed by atoms with van der Waals surface area (Å²) >= 11 is 0. The number of aryl methyl sites for hydroxylation is 1. The molecule has 0 aliphatic carbocycles. The van der Waals surface area contributed by atoms with E-state index in [4.69, 9.17) is 14.2 Å². The third kappa shape index (κ3) is 2.81. The molecule has 1 fully saturated rings. The smallest absolute Gasteiger partial charge is 0.301 e. The molecule has 2 rings (SSSR count). The van der Waals surface area contributed by atoms with Crippen molar-refractivity contribution in [3.63, 3.8) is 0 Å². The Balaban J connectivity index is 2.39. The summed E-state index contributed by atoms with van der Waals surface area (Å²) in [6.45, 7) is 5.75. The van der Waals surface area contributed by atoms with E-state index in [2.05, 4.69) is 4.98 Å². The van der Waals surface area contributed by atoms with Gasteiger partial charge in [0.25, 0.3) is 5.56 Å².